The third-order valence-corrected chi connectivity index (χ3v) is 8.24. The monoisotopic (exact) mass is 513 g/mol. The first-order valence-corrected chi connectivity index (χ1v) is 13.9. The third-order valence-electron chi connectivity index (χ3n) is 8.24. The van der Waals surface area contributed by atoms with Crippen molar-refractivity contribution < 1.29 is 0 Å². The van der Waals surface area contributed by atoms with Gasteiger partial charge in [-0.2, -0.15) is 0 Å². The SMILES string of the molecule is CC1(C)c2ccccc2-c2ccc(-c3ccc(Nc4cc(-c5ccccc5)cc(-c5ccccc5)c4)cc3)cc21. The van der Waals surface area contributed by atoms with Crippen molar-refractivity contribution in [3.05, 3.63) is 157 Å². The van der Waals surface area contributed by atoms with E-state index in [1.54, 1.807) is 0 Å². The maximum Gasteiger partial charge on any atom is 0.0396 e. The highest BCUT2D eigenvalue weighted by Gasteiger charge is 2.35. The van der Waals surface area contributed by atoms with E-state index in [0.29, 0.717) is 0 Å². The van der Waals surface area contributed by atoms with E-state index in [1.807, 2.05) is 0 Å². The van der Waals surface area contributed by atoms with Gasteiger partial charge in [-0.25, -0.2) is 0 Å². The second kappa shape index (κ2) is 9.70. The minimum Gasteiger partial charge on any atom is -0.355 e. The molecular formula is C39H31N. The van der Waals surface area contributed by atoms with Crippen molar-refractivity contribution in [1.82, 2.24) is 0 Å². The summed E-state index contributed by atoms with van der Waals surface area (Å²) in [5.74, 6) is 0. The number of hydrogen-bond donors (Lipinski definition) is 1. The van der Waals surface area contributed by atoms with Crippen LogP contribution in [0.5, 0.6) is 0 Å². The van der Waals surface area contributed by atoms with Crippen LogP contribution in [0.4, 0.5) is 11.4 Å². The summed E-state index contributed by atoms with van der Waals surface area (Å²) in [6.07, 6.45) is 0. The van der Waals surface area contributed by atoms with Crippen molar-refractivity contribution in [3.8, 4) is 44.5 Å². The smallest absolute Gasteiger partial charge is 0.0396 e. The van der Waals surface area contributed by atoms with Crippen molar-refractivity contribution in [1.29, 1.82) is 0 Å². The van der Waals surface area contributed by atoms with Crippen LogP contribution in [-0.2, 0) is 5.41 Å². The molecule has 1 heteroatoms. The maximum absolute atomic E-state index is 3.67. The fourth-order valence-electron chi connectivity index (χ4n) is 6.09. The minimum atomic E-state index is 0.00363. The Balaban J connectivity index is 1.20. The molecule has 0 atom stereocenters. The Morgan fingerprint density at radius 3 is 1.55 bits per heavy atom. The molecule has 0 aliphatic heterocycles. The highest BCUT2D eigenvalue weighted by atomic mass is 14.9. The quantitative estimate of drug-likeness (QED) is 0.242. The summed E-state index contributed by atoms with van der Waals surface area (Å²) in [6, 6.07) is 52.4. The Morgan fingerprint density at radius 2 is 0.900 bits per heavy atom. The first-order chi connectivity index (χ1) is 19.6. The maximum atomic E-state index is 3.67. The molecule has 0 fully saturated rings. The van der Waals surface area contributed by atoms with E-state index < -0.39 is 0 Å². The number of nitrogens with one attached hydrogen (secondary N) is 1. The topological polar surface area (TPSA) is 12.0 Å². The molecule has 0 aromatic heterocycles. The zero-order chi connectivity index (χ0) is 27.1. The van der Waals surface area contributed by atoms with Crippen molar-refractivity contribution in [2.45, 2.75) is 19.3 Å². The predicted octanol–water partition coefficient (Wildman–Crippen LogP) is 10.7. The standard InChI is InChI=1S/C39H31N/c1-39(2)37-16-10-9-15-35(37)36-22-19-30(26-38(36)39)29-17-20-33(21-18-29)40-34-24-31(27-11-5-3-6-12-27)23-32(25-34)28-13-7-4-8-14-28/h3-26,40H,1-2H3. The van der Waals surface area contributed by atoms with E-state index in [2.05, 4.69) is 165 Å². The second-order valence-electron chi connectivity index (χ2n) is 11.2. The van der Waals surface area contributed by atoms with E-state index in [9.17, 15) is 0 Å². The summed E-state index contributed by atoms with van der Waals surface area (Å²) < 4.78 is 0. The fourth-order valence-corrected chi connectivity index (χ4v) is 6.09. The lowest BCUT2D eigenvalue weighted by atomic mass is 9.81. The Kier molecular flexibility index (Phi) is 5.86. The zero-order valence-corrected chi connectivity index (χ0v) is 22.9. The Bertz CT molecular complexity index is 1760. The molecule has 0 saturated heterocycles. The molecule has 0 unspecified atom stereocenters. The van der Waals surface area contributed by atoms with Crippen LogP contribution in [0.15, 0.2) is 146 Å². The molecule has 1 nitrogen and oxygen atoms in total. The summed E-state index contributed by atoms with van der Waals surface area (Å²) >= 11 is 0. The van der Waals surface area contributed by atoms with E-state index in [1.165, 1.54) is 55.6 Å². The summed E-state index contributed by atoms with van der Waals surface area (Å²) in [5, 5.41) is 3.67. The van der Waals surface area contributed by atoms with Gasteiger partial charge in [0.15, 0.2) is 0 Å². The lowest BCUT2D eigenvalue weighted by Crippen LogP contribution is -2.14. The minimum absolute atomic E-state index is 0.00363. The molecule has 0 amide bonds. The molecule has 40 heavy (non-hydrogen) atoms. The molecule has 7 rings (SSSR count). The van der Waals surface area contributed by atoms with Gasteiger partial charge in [-0.3, -0.25) is 0 Å². The second-order valence-corrected chi connectivity index (χ2v) is 11.2. The Morgan fingerprint density at radius 1 is 0.375 bits per heavy atom. The first-order valence-electron chi connectivity index (χ1n) is 13.9. The van der Waals surface area contributed by atoms with Gasteiger partial charge in [-0.05, 0) is 92.0 Å². The third kappa shape index (κ3) is 4.30. The molecule has 0 radical (unpaired) electrons. The molecule has 0 bridgehead atoms. The molecule has 6 aromatic carbocycles. The number of benzene rings is 6. The van der Waals surface area contributed by atoms with Gasteiger partial charge in [-0.1, -0.05) is 123 Å². The lowest BCUT2D eigenvalue weighted by Gasteiger charge is -2.22. The van der Waals surface area contributed by atoms with Crippen LogP contribution in [0.2, 0.25) is 0 Å². The highest BCUT2D eigenvalue weighted by molar-refractivity contribution is 5.84. The molecule has 1 aliphatic carbocycles. The van der Waals surface area contributed by atoms with Crippen LogP contribution in [0.3, 0.4) is 0 Å². The van der Waals surface area contributed by atoms with Crippen LogP contribution in [0, 0.1) is 0 Å². The van der Waals surface area contributed by atoms with Gasteiger partial charge in [0.1, 0.15) is 0 Å². The van der Waals surface area contributed by atoms with E-state index in [-0.39, 0.29) is 5.41 Å². The Hall–Kier alpha value is -4.88. The average molecular weight is 514 g/mol. The molecule has 0 saturated carbocycles. The van der Waals surface area contributed by atoms with Gasteiger partial charge in [-0.15, -0.1) is 0 Å². The van der Waals surface area contributed by atoms with Gasteiger partial charge in [0.2, 0.25) is 0 Å². The molecule has 6 aromatic rings. The van der Waals surface area contributed by atoms with Crippen molar-refractivity contribution in [2.24, 2.45) is 0 Å². The van der Waals surface area contributed by atoms with Crippen LogP contribution >= 0.6 is 0 Å². The number of anilines is 2. The van der Waals surface area contributed by atoms with Crippen LogP contribution in [-0.4, -0.2) is 0 Å². The van der Waals surface area contributed by atoms with Gasteiger partial charge in [0, 0.05) is 16.8 Å². The summed E-state index contributed by atoms with van der Waals surface area (Å²) in [6.45, 7) is 4.67. The number of fused-ring (bicyclic) bond motifs is 3. The highest BCUT2D eigenvalue weighted by Crippen LogP contribution is 2.49. The lowest BCUT2D eigenvalue weighted by molar-refractivity contribution is 0.660. The summed E-state index contributed by atoms with van der Waals surface area (Å²) in [4.78, 5) is 0. The summed E-state index contributed by atoms with van der Waals surface area (Å²) in [7, 11) is 0. The van der Waals surface area contributed by atoms with E-state index in [0.717, 1.165) is 11.4 Å². The van der Waals surface area contributed by atoms with Crippen molar-refractivity contribution in [3.63, 3.8) is 0 Å². The van der Waals surface area contributed by atoms with Gasteiger partial charge in [0.25, 0.3) is 0 Å². The molecule has 192 valence electrons. The van der Waals surface area contributed by atoms with Gasteiger partial charge >= 0.3 is 0 Å². The Labute approximate surface area is 236 Å². The van der Waals surface area contributed by atoms with Crippen LogP contribution in [0.25, 0.3) is 44.5 Å². The van der Waals surface area contributed by atoms with E-state index >= 15 is 0 Å². The number of rotatable bonds is 5. The molecule has 1 N–H and O–H groups in total. The predicted molar refractivity (Wildman–Crippen MR) is 170 cm³/mol. The van der Waals surface area contributed by atoms with Gasteiger partial charge in [0.05, 0.1) is 0 Å². The van der Waals surface area contributed by atoms with Crippen molar-refractivity contribution >= 4 is 11.4 Å². The van der Waals surface area contributed by atoms with Crippen LogP contribution in [0.1, 0.15) is 25.0 Å². The van der Waals surface area contributed by atoms with Crippen molar-refractivity contribution in [2.75, 3.05) is 5.32 Å². The molecule has 1 aliphatic rings. The summed E-state index contributed by atoms with van der Waals surface area (Å²) in [5.41, 5.74) is 15.0. The number of hydrogen-bond acceptors (Lipinski definition) is 1. The molecule has 0 spiro atoms. The normalized spacial score (nSPS) is 12.9. The average Bonchev–Trinajstić information content (AvgIpc) is 3.24. The van der Waals surface area contributed by atoms with Gasteiger partial charge < -0.3 is 5.32 Å². The molecule has 0 heterocycles. The molecular weight excluding hydrogens is 482 g/mol. The zero-order valence-electron chi connectivity index (χ0n) is 22.9. The van der Waals surface area contributed by atoms with E-state index in [4.69, 9.17) is 0 Å². The van der Waals surface area contributed by atoms with Crippen LogP contribution < -0.4 is 5.32 Å². The largest absolute Gasteiger partial charge is 0.355 e. The fraction of sp³-hybridized carbons (Fsp3) is 0.0769. The first kappa shape index (κ1) is 24.2.